The van der Waals surface area contributed by atoms with E-state index >= 15 is 0 Å². The smallest absolute Gasteiger partial charge is 0.244 e. The van der Waals surface area contributed by atoms with E-state index in [0.29, 0.717) is 17.1 Å². The van der Waals surface area contributed by atoms with Crippen molar-refractivity contribution in [1.82, 2.24) is 10.2 Å². The number of benzene rings is 3. The number of nitrogens with zero attached hydrogens (tertiary/aromatic N) is 2. The van der Waals surface area contributed by atoms with Gasteiger partial charge in [-0.3, -0.25) is 13.9 Å². The lowest BCUT2D eigenvalue weighted by molar-refractivity contribution is -0.140. The number of halogens is 4. The highest BCUT2D eigenvalue weighted by atomic mass is 35.5. The molecule has 12 heteroatoms. The van der Waals surface area contributed by atoms with Crippen LogP contribution in [0.2, 0.25) is 20.1 Å². The SMILES string of the molecule is CCNC(=O)[C@@H](Cc1ccccc1)N(Cc1ccc(Cl)cc1)C(=O)CN(c1cc(Cl)c(Cl)cc1Cl)S(C)(=O)=O. The van der Waals surface area contributed by atoms with E-state index in [-0.39, 0.29) is 39.6 Å². The van der Waals surface area contributed by atoms with Crippen LogP contribution in [0.4, 0.5) is 5.69 Å². The van der Waals surface area contributed by atoms with Crippen LogP contribution in [-0.4, -0.2) is 50.5 Å². The first kappa shape index (κ1) is 31.0. The van der Waals surface area contributed by atoms with Crippen molar-refractivity contribution in [2.24, 2.45) is 0 Å². The Balaban J connectivity index is 2.07. The molecule has 0 heterocycles. The van der Waals surface area contributed by atoms with Gasteiger partial charge >= 0.3 is 0 Å². The van der Waals surface area contributed by atoms with Gasteiger partial charge < -0.3 is 10.2 Å². The molecule has 0 aromatic heterocycles. The maximum Gasteiger partial charge on any atom is 0.244 e. The van der Waals surface area contributed by atoms with Crippen molar-refractivity contribution < 1.29 is 18.0 Å². The lowest BCUT2D eigenvalue weighted by Gasteiger charge is -2.33. The molecule has 1 atom stereocenters. The summed E-state index contributed by atoms with van der Waals surface area (Å²) in [5.74, 6) is -0.994. The van der Waals surface area contributed by atoms with E-state index in [0.717, 1.165) is 16.1 Å². The Kier molecular flexibility index (Phi) is 10.9. The highest BCUT2D eigenvalue weighted by Crippen LogP contribution is 2.35. The van der Waals surface area contributed by atoms with E-state index in [4.69, 9.17) is 46.4 Å². The molecule has 0 fully saturated rings. The van der Waals surface area contributed by atoms with Gasteiger partial charge in [-0.25, -0.2) is 8.42 Å². The van der Waals surface area contributed by atoms with Gasteiger partial charge in [0, 0.05) is 24.5 Å². The van der Waals surface area contributed by atoms with Gasteiger partial charge in [0.25, 0.3) is 0 Å². The second-order valence-electron chi connectivity index (χ2n) is 8.74. The van der Waals surface area contributed by atoms with Gasteiger partial charge in [-0.2, -0.15) is 0 Å². The molecule has 0 saturated carbocycles. The van der Waals surface area contributed by atoms with Crippen LogP contribution in [0.15, 0.2) is 66.7 Å². The van der Waals surface area contributed by atoms with E-state index in [1.54, 1.807) is 31.2 Å². The van der Waals surface area contributed by atoms with Gasteiger partial charge in [-0.05, 0) is 42.3 Å². The summed E-state index contributed by atoms with van der Waals surface area (Å²) in [7, 11) is -4.01. The van der Waals surface area contributed by atoms with E-state index in [1.807, 2.05) is 30.3 Å². The maximum absolute atomic E-state index is 14.0. The molecule has 1 N–H and O–H groups in total. The Morgan fingerprint density at radius 1 is 0.872 bits per heavy atom. The number of hydrogen-bond donors (Lipinski definition) is 1. The molecule has 3 rings (SSSR count). The summed E-state index contributed by atoms with van der Waals surface area (Å²) in [5.41, 5.74) is 1.52. The molecule has 7 nitrogen and oxygen atoms in total. The van der Waals surface area contributed by atoms with Crippen LogP contribution in [0, 0.1) is 0 Å². The average Bonchev–Trinajstić information content (AvgIpc) is 2.88. The Bertz CT molecular complexity index is 1420. The molecule has 3 aromatic rings. The van der Waals surface area contributed by atoms with Crippen molar-refractivity contribution in [3.63, 3.8) is 0 Å². The fraction of sp³-hybridized carbons (Fsp3) is 0.259. The number of sulfonamides is 1. The largest absolute Gasteiger partial charge is 0.355 e. The number of likely N-dealkylation sites (N-methyl/N-ethyl adjacent to an activating group) is 1. The molecule has 0 radical (unpaired) electrons. The number of hydrogen-bond acceptors (Lipinski definition) is 4. The van der Waals surface area contributed by atoms with Crippen LogP contribution >= 0.6 is 46.4 Å². The van der Waals surface area contributed by atoms with Crippen LogP contribution in [0.1, 0.15) is 18.1 Å². The van der Waals surface area contributed by atoms with Crippen molar-refractivity contribution in [2.45, 2.75) is 25.9 Å². The molecule has 0 saturated heterocycles. The topological polar surface area (TPSA) is 86.8 Å². The summed E-state index contributed by atoms with van der Waals surface area (Å²) in [6, 6.07) is 17.7. The molecule has 0 aliphatic carbocycles. The number of amides is 2. The second-order valence-corrected chi connectivity index (χ2v) is 12.3. The minimum absolute atomic E-state index is 0.00330. The number of anilines is 1. The van der Waals surface area contributed by atoms with Gasteiger partial charge in [-0.1, -0.05) is 88.9 Å². The summed E-state index contributed by atoms with van der Waals surface area (Å²) in [4.78, 5) is 28.6. The van der Waals surface area contributed by atoms with Crippen molar-refractivity contribution in [1.29, 1.82) is 0 Å². The van der Waals surface area contributed by atoms with E-state index < -0.39 is 28.5 Å². The molecule has 0 aliphatic heterocycles. The van der Waals surface area contributed by atoms with Crippen LogP contribution in [0.3, 0.4) is 0 Å². The molecule has 3 aromatic carbocycles. The minimum atomic E-state index is -4.01. The molecule has 0 aliphatic rings. The molecule has 2 amide bonds. The zero-order chi connectivity index (χ0) is 28.7. The highest BCUT2D eigenvalue weighted by molar-refractivity contribution is 7.92. The van der Waals surface area contributed by atoms with Gasteiger partial charge in [-0.15, -0.1) is 0 Å². The Morgan fingerprint density at radius 3 is 2.08 bits per heavy atom. The van der Waals surface area contributed by atoms with Gasteiger partial charge in [0.2, 0.25) is 21.8 Å². The average molecular weight is 631 g/mol. The predicted octanol–water partition coefficient (Wildman–Crippen LogP) is 5.84. The lowest BCUT2D eigenvalue weighted by atomic mass is 10.0. The Hall–Kier alpha value is -2.49. The molecule has 0 bridgehead atoms. The lowest BCUT2D eigenvalue weighted by Crippen LogP contribution is -2.53. The summed E-state index contributed by atoms with van der Waals surface area (Å²) in [5, 5.41) is 3.51. The molecule has 0 unspecified atom stereocenters. The van der Waals surface area contributed by atoms with Crippen molar-refractivity contribution in [3.8, 4) is 0 Å². The van der Waals surface area contributed by atoms with E-state index in [2.05, 4.69) is 5.32 Å². The van der Waals surface area contributed by atoms with Crippen LogP contribution < -0.4 is 9.62 Å². The standard InChI is InChI=1S/C27H27Cl4N3O4S/c1-3-32-27(36)25(13-18-7-5-4-6-8-18)33(16-19-9-11-20(28)12-10-19)26(35)17-34(39(2,37)38)24-15-22(30)21(29)14-23(24)31/h4-12,14-15,25H,3,13,16-17H2,1-2H3,(H,32,36)/t25-/m1/s1. The summed E-state index contributed by atoms with van der Waals surface area (Å²) in [6.07, 6.45) is 1.16. The van der Waals surface area contributed by atoms with Crippen molar-refractivity contribution in [2.75, 3.05) is 23.7 Å². The number of carbonyl (C=O) groups excluding carboxylic acids is 2. The van der Waals surface area contributed by atoms with Crippen LogP contribution in [-0.2, 0) is 32.6 Å². The number of rotatable bonds is 11. The summed E-state index contributed by atoms with van der Waals surface area (Å²) >= 11 is 24.5. The predicted molar refractivity (Wildman–Crippen MR) is 158 cm³/mol. The van der Waals surface area contributed by atoms with Crippen molar-refractivity contribution in [3.05, 3.63) is 97.9 Å². The first-order chi connectivity index (χ1) is 18.4. The van der Waals surface area contributed by atoms with Gasteiger partial charge in [0.15, 0.2) is 0 Å². The molecular weight excluding hydrogens is 604 g/mol. The zero-order valence-corrected chi connectivity index (χ0v) is 25.0. The monoisotopic (exact) mass is 629 g/mol. The zero-order valence-electron chi connectivity index (χ0n) is 21.2. The maximum atomic E-state index is 14.0. The molecule has 208 valence electrons. The summed E-state index contributed by atoms with van der Waals surface area (Å²) < 4.78 is 26.6. The van der Waals surface area contributed by atoms with Crippen molar-refractivity contribution >= 4 is 73.9 Å². The van der Waals surface area contributed by atoms with Gasteiger partial charge in [0.1, 0.15) is 12.6 Å². The fourth-order valence-electron chi connectivity index (χ4n) is 3.93. The van der Waals surface area contributed by atoms with Crippen LogP contribution in [0.25, 0.3) is 0 Å². The summed E-state index contributed by atoms with van der Waals surface area (Å²) in [6.45, 7) is 1.52. The van der Waals surface area contributed by atoms with E-state index in [9.17, 15) is 18.0 Å². The second kappa shape index (κ2) is 13.7. The molecule has 0 spiro atoms. The van der Waals surface area contributed by atoms with E-state index in [1.165, 1.54) is 17.0 Å². The molecular formula is C27H27Cl4N3O4S. The Labute approximate surface area is 248 Å². The first-order valence-electron chi connectivity index (χ1n) is 11.9. The number of nitrogens with one attached hydrogen (secondary N) is 1. The third-order valence-electron chi connectivity index (χ3n) is 5.83. The highest BCUT2D eigenvalue weighted by Gasteiger charge is 2.33. The minimum Gasteiger partial charge on any atom is -0.355 e. The Morgan fingerprint density at radius 2 is 1.49 bits per heavy atom. The quantitative estimate of drug-likeness (QED) is 0.270. The van der Waals surface area contributed by atoms with Crippen LogP contribution in [0.5, 0.6) is 0 Å². The third kappa shape index (κ3) is 8.50. The normalized spacial score (nSPS) is 12.1. The third-order valence-corrected chi connectivity index (χ3v) is 8.23. The fourth-order valence-corrected chi connectivity index (χ4v) is 5.60. The van der Waals surface area contributed by atoms with Gasteiger partial charge in [0.05, 0.1) is 27.0 Å². The first-order valence-corrected chi connectivity index (χ1v) is 15.2. The molecule has 39 heavy (non-hydrogen) atoms. The number of carbonyl (C=O) groups is 2.